The van der Waals surface area contributed by atoms with E-state index < -0.39 is 10.8 Å². The van der Waals surface area contributed by atoms with Crippen LogP contribution in [0.1, 0.15) is 52.4 Å². The molecule has 16 heavy (non-hydrogen) atoms. The molecule has 0 amide bonds. The van der Waals surface area contributed by atoms with Gasteiger partial charge in [-0.2, -0.15) is 5.26 Å². The summed E-state index contributed by atoms with van der Waals surface area (Å²) in [7, 11) is -0.791. The lowest BCUT2D eigenvalue weighted by Crippen LogP contribution is -2.25. The molecule has 1 fully saturated rings. The van der Waals surface area contributed by atoms with Crippen molar-refractivity contribution in [3.05, 3.63) is 0 Å². The van der Waals surface area contributed by atoms with Crippen LogP contribution in [0, 0.1) is 23.2 Å². The molecule has 1 rings (SSSR count). The Morgan fingerprint density at radius 1 is 1.31 bits per heavy atom. The van der Waals surface area contributed by atoms with Gasteiger partial charge in [-0.05, 0) is 25.2 Å². The predicted molar refractivity (Wildman–Crippen MR) is 68.4 cm³/mol. The molecule has 3 heteroatoms. The van der Waals surface area contributed by atoms with Crippen molar-refractivity contribution in [1.29, 1.82) is 5.26 Å². The van der Waals surface area contributed by atoms with Crippen LogP contribution in [0.25, 0.3) is 0 Å². The lowest BCUT2D eigenvalue weighted by molar-refractivity contribution is 0.557. The monoisotopic (exact) mass is 241 g/mol. The summed E-state index contributed by atoms with van der Waals surface area (Å²) in [5, 5.41) is 9.27. The maximum absolute atomic E-state index is 12.2. The molecular formula is C13H23NOS. The molecule has 2 nitrogen and oxygen atoms in total. The van der Waals surface area contributed by atoms with E-state index in [1.165, 1.54) is 6.42 Å². The third kappa shape index (κ3) is 4.25. The third-order valence-electron chi connectivity index (χ3n) is 3.35. The normalized spacial score (nSPS) is 28.4. The third-order valence-corrected chi connectivity index (χ3v) is 5.23. The van der Waals surface area contributed by atoms with Gasteiger partial charge in [0.15, 0.2) is 0 Å². The van der Waals surface area contributed by atoms with Gasteiger partial charge in [-0.3, -0.25) is 4.21 Å². The van der Waals surface area contributed by atoms with Crippen molar-refractivity contribution < 1.29 is 4.21 Å². The molecule has 0 radical (unpaired) electrons. The van der Waals surface area contributed by atoms with Crippen molar-refractivity contribution in [2.24, 2.45) is 11.8 Å². The lowest BCUT2D eigenvalue weighted by Gasteiger charge is -2.19. The molecule has 0 aliphatic heterocycles. The molecule has 92 valence electrons. The Kier molecular flexibility index (Phi) is 6.05. The van der Waals surface area contributed by atoms with Crippen molar-refractivity contribution >= 4 is 10.8 Å². The minimum absolute atomic E-state index is 0.0375. The molecule has 0 aromatic rings. The average molecular weight is 241 g/mol. The zero-order chi connectivity index (χ0) is 12.0. The largest absolute Gasteiger partial charge is 0.259 e. The lowest BCUT2D eigenvalue weighted by atomic mass is 10.0. The Morgan fingerprint density at radius 2 is 2.00 bits per heavy atom. The van der Waals surface area contributed by atoms with Crippen LogP contribution < -0.4 is 0 Å². The van der Waals surface area contributed by atoms with Crippen molar-refractivity contribution in [1.82, 2.24) is 0 Å². The Hall–Kier alpha value is -0.360. The van der Waals surface area contributed by atoms with Gasteiger partial charge in [0, 0.05) is 16.6 Å². The second kappa shape index (κ2) is 7.06. The standard InChI is InChI=1S/C13H23NOS/c1-11(2)8-9-16(15)13-7-5-3-4-6-12(13)10-14/h11-13H,3-9H2,1-2H3. The van der Waals surface area contributed by atoms with Gasteiger partial charge in [-0.25, -0.2) is 0 Å². The number of nitriles is 1. The summed E-state index contributed by atoms with van der Waals surface area (Å²) in [6.07, 6.45) is 6.45. The van der Waals surface area contributed by atoms with Gasteiger partial charge in [0.25, 0.3) is 0 Å². The highest BCUT2D eigenvalue weighted by Gasteiger charge is 2.28. The zero-order valence-corrected chi connectivity index (χ0v) is 11.3. The van der Waals surface area contributed by atoms with E-state index >= 15 is 0 Å². The Bertz CT molecular complexity index is 270. The maximum atomic E-state index is 12.2. The van der Waals surface area contributed by atoms with E-state index in [4.69, 9.17) is 5.26 Å². The molecule has 0 N–H and O–H groups in total. The molecule has 3 atom stereocenters. The summed E-state index contributed by atoms with van der Waals surface area (Å²) in [5.74, 6) is 1.42. The van der Waals surface area contributed by atoms with Crippen LogP contribution in [-0.2, 0) is 10.8 Å². The second-order valence-corrected chi connectivity index (χ2v) is 6.95. The molecule has 0 heterocycles. The van der Waals surface area contributed by atoms with E-state index in [-0.39, 0.29) is 11.2 Å². The summed E-state index contributed by atoms with van der Waals surface area (Å²) < 4.78 is 12.2. The zero-order valence-electron chi connectivity index (χ0n) is 10.4. The molecular weight excluding hydrogens is 218 g/mol. The van der Waals surface area contributed by atoms with Gasteiger partial charge in [-0.1, -0.05) is 33.1 Å². The first-order valence-electron chi connectivity index (χ1n) is 6.42. The Balaban J connectivity index is 2.53. The van der Waals surface area contributed by atoms with Crippen LogP contribution in [0.15, 0.2) is 0 Å². The van der Waals surface area contributed by atoms with E-state index in [0.29, 0.717) is 5.92 Å². The summed E-state index contributed by atoms with van der Waals surface area (Å²) in [6.45, 7) is 4.32. The summed E-state index contributed by atoms with van der Waals surface area (Å²) in [4.78, 5) is 0. The molecule has 1 aliphatic carbocycles. The van der Waals surface area contributed by atoms with Gasteiger partial charge in [0.1, 0.15) is 0 Å². The van der Waals surface area contributed by atoms with E-state index in [9.17, 15) is 4.21 Å². The van der Waals surface area contributed by atoms with Crippen LogP contribution in [0.3, 0.4) is 0 Å². The molecule has 0 aromatic carbocycles. The topological polar surface area (TPSA) is 40.9 Å². The number of nitrogens with zero attached hydrogens (tertiary/aromatic N) is 1. The van der Waals surface area contributed by atoms with Crippen molar-refractivity contribution in [2.45, 2.75) is 57.6 Å². The predicted octanol–water partition coefficient (Wildman–Crippen LogP) is 3.25. The molecule has 0 aromatic heterocycles. The van der Waals surface area contributed by atoms with Crippen molar-refractivity contribution in [3.63, 3.8) is 0 Å². The van der Waals surface area contributed by atoms with Crippen LogP contribution in [0.2, 0.25) is 0 Å². The second-order valence-electron chi connectivity index (χ2n) is 5.18. The Labute approximate surface area is 102 Å². The highest BCUT2D eigenvalue weighted by Crippen LogP contribution is 2.27. The number of rotatable bonds is 4. The Morgan fingerprint density at radius 3 is 2.62 bits per heavy atom. The van der Waals surface area contributed by atoms with E-state index in [2.05, 4.69) is 19.9 Å². The van der Waals surface area contributed by atoms with Crippen molar-refractivity contribution in [3.8, 4) is 6.07 Å². The van der Waals surface area contributed by atoms with Crippen LogP contribution in [0.5, 0.6) is 0 Å². The first-order valence-corrected chi connectivity index (χ1v) is 7.80. The van der Waals surface area contributed by atoms with Gasteiger partial charge >= 0.3 is 0 Å². The van der Waals surface area contributed by atoms with Crippen LogP contribution in [0.4, 0.5) is 0 Å². The fourth-order valence-electron chi connectivity index (χ4n) is 2.24. The van der Waals surface area contributed by atoms with Gasteiger partial charge in [-0.15, -0.1) is 0 Å². The minimum atomic E-state index is -0.791. The van der Waals surface area contributed by atoms with E-state index in [1.54, 1.807) is 0 Å². The van der Waals surface area contributed by atoms with Gasteiger partial charge in [0.05, 0.1) is 17.2 Å². The molecule has 0 spiro atoms. The van der Waals surface area contributed by atoms with Gasteiger partial charge in [0.2, 0.25) is 0 Å². The highest BCUT2D eigenvalue weighted by atomic mass is 32.2. The number of hydrogen-bond donors (Lipinski definition) is 0. The summed E-state index contributed by atoms with van der Waals surface area (Å²) in [6, 6.07) is 2.37. The fourth-order valence-corrected chi connectivity index (χ4v) is 4.24. The quantitative estimate of drug-likeness (QED) is 0.709. The van der Waals surface area contributed by atoms with E-state index in [0.717, 1.165) is 37.9 Å². The SMILES string of the molecule is CC(C)CCS(=O)C1CCCCCC1C#N. The molecule has 3 unspecified atom stereocenters. The summed E-state index contributed by atoms with van der Waals surface area (Å²) in [5.41, 5.74) is 0. The van der Waals surface area contributed by atoms with Crippen LogP contribution in [-0.4, -0.2) is 15.2 Å². The maximum Gasteiger partial charge on any atom is 0.0668 e. The van der Waals surface area contributed by atoms with E-state index in [1.807, 2.05) is 0 Å². The average Bonchev–Trinajstić information content (AvgIpc) is 2.50. The van der Waals surface area contributed by atoms with Gasteiger partial charge < -0.3 is 0 Å². The molecule has 0 saturated heterocycles. The first-order chi connectivity index (χ1) is 7.65. The van der Waals surface area contributed by atoms with Crippen LogP contribution >= 0.6 is 0 Å². The van der Waals surface area contributed by atoms with Crippen molar-refractivity contribution in [2.75, 3.05) is 5.75 Å². The fraction of sp³-hybridized carbons (Fsp3) is 0.923. The summed E-state index contributed by atoms with van der Waals surface area (Å²) >= 11 is 0. The minimum Gasteiger partial charge on any atom is -0.259 e. The highest BCUT2D eigenvalue weighted by molar-refractivity contribution is 7.85. The molecule has 0 bridgehead atoms. The first kappa shape index (κ1) is 13.7. The number of hydrogen-bond acceptors (Lipinski definition) is 2. The smallest absolute Gasteiger partial charge is 0.0668 e. The molecule has 1 saturated carbocycles. The molecule has 1 aliphatic rings.